The van der Waals surface area contributed by atoms with Crippen LogP contribution in [-0.2, 0) is 6.54 Å². The number of hydrogen-bond acceptors (Lipinski definition) is 4. The van der Waals surface area contributed by atoms with E-state index in [1.54, 1.807) is 12.4 Å². The van der Waals surface area contributed by atoms with Crippen LogP contribution in [0.2, 0.25) is 10.0 Å². The van der Waals surface area contributed by atoms with E-state index in [2.05, 4.69) is 25.5 Å². The van der Waals surface area contributed by atoms with Gasteiger partial charge in [-0.15, -0.1) is 0 Å². The zero-order valence-corrected chi connectivity index (χ0v) is 11.5. The van der Waals surface area contributed by atoms with Gasteiger partial charge in [0.2, 0.25) is 0 Å². The summed E-state index contributed by atoms with van der Waals surface area (Å²) >= 11 is 12.1. The van der Waals surface area contributed by atoms with Crippen LogP contribution < -0.4 is 5.32 Å². The highest BCUT2D eigenvalue weighted by Gasteiger charge is 2.12. The number of nitrogens with one attached hydrogen (secondary N) is 2. The Balaban J connectivity index is 2.03. The molecule has 0 aliphatic carbocycles. The molecule has 2 heterocycles. The maximum Gasteiger partial charge on any atom is 0.167 e. The lowest BCUT2D eigenvalue weighted by atomic mass is 10.2. The standard InChI is InChI=1S/C11H13Cl2N5/c1-6(11-16-7(2)17-18-11)15-3-8-9(12)4-14-5-10(8)13/h4-6,15H,3H2,1-2H3,(H,16,17,18)/t6-/m0/s1. The van der Waals surface area contributed by atoms with Gasteiger partial charge in [0.15, 0.2) is 5.82 Å². The van der Waals surface area contributed by atoms with Crippen molar-refractivity contribution < 1.29 is 0 Å². The highest BCUT2D eigenvalue weighted by atomic mass is 35.5. The zero-order chi connectivity index (χ0) is 13.1. The van der Waals surface area contributed by atoms with Crippen LogP contribution in [0.25, 0.3) is 0 Å². The fraction of sp³-hybridized carbons (Fsp3) is 0.364. The lowest BCUT2D eigenvalue weighted by Crippen LogP contribution is -2.19. The highest BCUT2D eigenvalue weighted by Crippen LogP contribution is 2.23. The third-order valence-corrected chi connectivity index (χ3v) is 3.19. The number of aromatic nitrogens is 4. The van der Waals surface area contributed by atoms with Crippen LogP contribution in [0.3, 0.4) is 0 Å². The molecule has 7 heteroatoms. The number of halogens is 2. The summed E-state index contributed by atoms with van der Waals surface area (Å²) in [6, 6.07) is 0.00949. The molecule has 0 aromatic carbocycles. The van der Waals surface area contributed by atoms with E-state index >= 15 is 0 Å². The summed E-state index contributed by atoms with van der Waals surface area (Å²) in [7, 11) is 0. The Labute approximate surface area is 115 Å². The highest BCUT2D eigenvalue weighted by molar-refractivity contribution is 6.35. The van der Waals surface area contributed by atoms with Crippen molar-refractivity contribution in [2.75, 3.05) is 0 Å². The number of pyridine rings is 1. The molecule has 1 atom stereocenters. The summed E-state index contributed by atoms with van der Waals surface area (Å²) in [6.07, 6.45) is 3.15. The molecule has 0 fully saturated rings. The van der Waals surface area contributed by atoms with E-state index in [1.807, 2.05) is 13.8 Å². The smallest absolute Gasteiger partial charge is 0.167 e. The van der Waals surface area contributed by atoms with Crippen molar-refractivity contribution in [3.05, 3.63) is 39.7 Å². The Bertz CT molecular complexity index is 520. The van der Waals surface area contributed by atoms with E-state index in [-0.39, 0.29) is 6.04 Å². The average molecular weight is 286 g/mol. The van der Waals surface area contributed by atoms with E-state index in [0.29, 0.717) is 22.4 Å². The molecule has 0 aliphatic rings. The van der Waals surface area contributed by atoms with Crippen molar-refractivity contribution in [3.8, 4) is 0 Å². The Morgan fingerprint density at radius 2 is 2.00 bits per heavy atom. The zero-order valence-electron chi connectivity index (χ0n) is 10.0. The molecule has 0 saturated carbocycles. The molecule has 18 heavy (non-hydrogen) atoms. The molecule has 0 radical (unpaired) electrons. The van der Waals surface area contributed by atoms with Crippen molar-refractivity contribution in [1.82, 2.24) is 25.5 Å². The van der Waals surface area contributed by atoms with Gasteiger partial charge in [0.1, 0.15) is 5.82 Å². The van der Waals surface area contributed by atoms with E-state index in [0.717, 1.165) is 11.4 Å². The second-order valence-electron chi connectivity index (χ2n) is 3.96. The number of H-pyrrole nitrogens is 1. The Morgan fingerprint density at radius 3 is 2.56 bits per heavy atom. The molecule has 0 saturated heterocycles. The maximum atomic E-state index is 6.04. The van der Waals surface area contributed by atoms with Gasteiger partial charge in [-0.3, -0.25) is 10.1 Å². The van der Waals surface area contributed by atoms with Crippen molar-refractivity contribution in [2.45, 2.75) is 26.4 Å². The predicted molar refractivity (Wildman–Crippen MR) is 70.6 cm³/mol. The lowest BCUT2D eigenvalue weighted by Gasteiger charge is -2.12. The van der Waals surface area contributed by atoms with Gasteiger partial charge >= 0.3 is 0 Å². The van der Waals surface area contributed by atoms with Crippen LogP contribution in [0, 0.1) is 6.92 Å². The van der Waals surface area contributed by atoms with Gasteiger partial charge in [0.25, 0.3) is 0 Å². The molecular formula is C11H13Cl2N5. The van der Waals surface area contributed by atoms with Gasteiger partial charge in [0.05, 0.1) is 16.1 Å². The van der Waals surface area contributed by atoms with Crippen molar-refractivity contribution in [3.63, 3.8) is 0 Å². The number of nitrogens with zero attached hydrogens (tertiary/aromatic N) is 3. The summed E-state index contributed by atoms with van der Waals surface area (Å²) in [6.45, 7) is 4.38. The van der Waals surface area contributed by atoms with Gasteiger partial charge < -0.3 is 5.32 Å². The van der Waals surface area contributed by atoms with Gasteiger partial charge in [0, 0.05) is 24.5 Å². The summed E-state index contributed by atoms with van der Waals surface area (Å²) < 4.78 is 0. The first-order valence-electron chi connectivity index (χ1n) is 5.48. The maximum absolute atomic E-state index is 6.04. The molecular weight excluding hydrogens is 273 g/mol. The van der Waals surface area contributed by atoms with Crippen LogP contribution in [0.5, 0.6) is 0 Å². The molecule has 2 aromatic heterocycles. The van der Waals surface area contributed by atoms with Crippen molar-refractivity contribution in [2.24, 2.45) is 0 Å². The molecule has 2 N–H and O–H groups in total. The number of aryl methyl sites for hydroxylation is 1. The Hall–Kier alpha value is -1.17. The van der Waals surface area contributed by atoms with Crippen LogP contribution >= 0.6 is 23.2 Å². The number of aromatic amines is 1. The minimum absolute atomic E-state index is 0.00949. The molecule has 0 aliphatic heterocycles. The van der Waals surface area contributed by atoms with Crippen molar-refractivity contribution >= 4 is 23.2 Å². The third-order valence-electron chi connectivity index (χ3n) is 2.54. The average Bonchev–Trinajstić information content (AvgIpc) is 2.75. The molecule has 96 valence electrons. The second-order valence-corrected chi connectivity index (χ2v) is 4.78. The van der Waals surface area contributed by atoms with Gasteiger partial charge in [-0.25, -0.2) is 4.98 Å². The van der Waals surface area contributed by atoms with Gasteiger partial charge in [-0.1, -0.05) is 23.2 Å². The van der Waals surface area contributed by atoms with Gasteiger partial charge in [-0.2, -0.15) is 5.10 Å². The van der Waals surface area contributed by atoms with Crippen LogP contribution in [0.15, 0.2) is 12.4 Å². The fourth-order valence-corrected chi connectivity index (χ4v) is 2.01. The molecule has 0 bridgehead atoms. The third kappa shape index (κ3) is 2.98. The second kappa shape index (κ2) is 5.65. The minimum Gasteiger partial charge on any atom is -0.303 e. The first-order valence-corrected chi connectivity index (χ1v) is 6.23. The fourth-order valence-electron chi connectivity index (χ4n) is 1.51. The number of hydrogen-bond donors (Lipinski definition) is 2. The molecule has 0 unspecified atom stereocenters. The summed E-state index contributed by atoms with van der Waals surface area (Å²) in [5, 5.41) is 11.3. The largest absolute Gasteiger partial charge is 0.303 e. The molecule has 0 amide bonds. The Morgan fingerprint density at radius 1 is 1.33 bits per heavy atom. The lowest BCUT2D eigenvalue weighted by molar-refractivity contribution is 0.548. The van der Waals surface area contributed by atoms with Crippen LogP contribution in [0.1, 0.15) is 30.2 Å². The van der Waals surface area contributed by atoms with Gasteiger partial charge in [-0.05, 0) is 13.8 Å². The van der Waals surface area contributed by atoms with E-state index in [1.165, 1.54) is 0 Å². The molecule has 2 rings (SSSR count). The molecule has 0 spiro atoms. The van der Waals surface area contributed by atoms with Crippen molar-refractivity contribution in [1.29, 1.82) is 0 Å². The normalized spacial score (nSPS) is 12.7. The van der Waals surface area contributed by atoms with Crippen LogP contribution in [0.4, 0.5) is 0 Å². The first-order chi connectivity index (χ1) is 8.58. The predicted octanol–water partition coefficient (Wildman–Crippen LogP) is 2.67. The quantitative estimate of drug-likeness (QED) is 0.906. The monoisotopic (exact) mass is 285 g/mol. The Kier molecular flexibility index (Phi) is 4.16. The topological polar surface area (TPSA) is 66.5 Å². The SMILES string of the molecule is Cc1nc([C@H](C)NCc2c(Cl)cncc2Cl)n[nH]1. The molecule has 5 nitrogen and oxygen atoms in total. The summed E-state index contributed by atoms with van der Waals surface area (Å²) in [5.74, 6) is 1.51. The molecule has 2 aromatic rings. The summed E-state index contributed by atoms with van der Waals surface area (Å²) in [5.41, 5.74) is 0.826. The van der Waals surface area contributed by atoms with E-state index in [4.69, 9.17) is 23.2 Å². The van der Waals surface area contributed by atoms with Crippen LogP contribution in [-0.4, -0.2) is 20.2 Å². The minimum atomic E-state index is 0.00949. The number of rotatable bonds is 4. The van der Waals surface area contributed by atoms with E-state index < -0.39 is 0 Å². The first kappa shape index (κ1) is 13.3. The van der Waals surface area contributed by atoms with E-state index in [9.17, 15) is 0 Å². The summed E-state index contributed by atoms with van der Waals surface area (Å²) in [4.78, 5) is 8.17.